The van der Waals surface area contributed by atoms with Gasteiger partial charge in [0.05, 0.1) is 58.0 Å². The van der Waals surface area contributed by atoms with Gasteiger partial charge in [-0.3, -0.25) is 4.72 Å². The molecule has 3 rings (SSSR count). The van der Waals surface area contributed by atoms with Crippen LogP contribution in [-0.4, -0.2) is 53.1 Å². The van der Waals surface area contributed by atoms with Crippen LogP contribution in [0.5, 0.6) is 23.0 Å². The Morgan fingerprint density at radius 1 is 0.853 bits per heavy atom. The molecule has 0 amide bonds. The van der Waals surface area contributed by atoms with Crippen molar-refractivity contribution in [2.75, 3.05) is 50.1 Å². The Hall–Kier alpha value is -3.64. The average Bonchev–Trinajstić information content (AvgIpc) is 2.80. The molecule has 0 atom stereocenters. The fraction of sp³-hybridized carbons (Fsp3) is 0.238. The fourth-order valence-electron chi connectivity index (χ4n) is 3.01. The maximum absolute atomic E-state index is 11.8. The smallest absolute Gasteiger partial charge is 0.229 e. The molecule has 3 aromatic rings. The number of ether oxygens (including phenoxy) is 4. The van der Waals surface area contributed by atoms with Gasteiger partial charge in [-0.05, 0) is 24.3 Å². The number of sulfonamides is 1. The Bertz CT molecular complexity index is 1290. The monoisotopic (exact) mass is 509 g/mol. The van der Waals surface area contributed by atoms with E-state index >= 15 is 0 Å². The third-order valence-electron chi connectivity index (χ3n) is 4.47. The van der Waals surface area contributed by atoms with Crippen LogP contribution in [0.2, 0.25) is 5.02 Å². The van der Waals surface area contributed by atoms with Crippen LogP contribution in [0.1, 0.15) is 0 Å². The molecule has 1 heterocycles. The minimum Gasteiger partial charge on any atom is -0.497 e. The van der Waals surface area contributed by atoms with Crippen molar-refractivity contribution in [2.45, 2.75) is 0 Å². The minimum atomic E-state index is -3.56. The summed E-state index contributed by atoms with van der Waals surface area (Å²) in [6.45, 7) is 0. The van der Waals surface area contributed by atoms with Gasteiger partial charge in [0.15, 0.2) is 17.3 Å². The summed E-state index contributed by atoms with van der Waals surface area (Å²) in [6, 6.07) is 8.27. The first-order chi connectivity index (χ1) is 16.2. The Labute approximate surface area is 202 Å². The topological polar surface area (TPSA) is 133 Å². The Kier molecular flexibility index (Phi) is 7.74. The molecule has 182 valence electrons. The van der Waals surface area contributed by atoms with E-state index in [1.54, 1.807) is 24.3 Å². The Balaban J connectivity index is 1.96. The highest BCUT2D eigenvalue weighted by molar-refractivity contribution is 7.92. The van der Waals surface area contributed by atoms with Crippen molar-refractivity contribution >= 4 is 50.5 Å². The fourth-order valence-corrected chi connectivity index (χ4v) is 3.71. The first-order valence-electron chi connectivity index (χ1n) is 9.70. The van der Waals surface area contributed by atoms with E-state index in [0.29, 0.717) is 34.4 Å². The summed E-state index contributed by atoms with van der Waals surface area (Å²) in [6.07, 6.45) is 2.45. The largest absolute Gasteiger partial charge is 0.497 e. The van der Waals surface area contributed by atoms with E-state index in [1.807, 2.05) is 0 Å². The molecule has 13 heteroatoms. The summed E-state index contributed by atoms with van der Waals surface area (Å²) in [5, 5.41) is 6.30. The number of nitrogens with one attached hydrogen (secondary N) is 3. The predicted octanol–water partition coefficient (Wildman–Crippen LogP) is 4.02. The van der Waals surface area contributed by atoms with E-state index in [2.05, 4.69) is 25.3 Å². The quantitative estimate of drug-likeness (QED) is 0.368. The molecule has 0 fully saturated rings. The van der Waals surface area contributed by atoms with Crippen molar-refractivity contribution < 1.29 is 27.4 Å². The van der Waals surface area contributed by atoms with Crippen molar-refractivity contribution in [3.8, 4) is 23.0 Å². The van der Waals surface area contributed by atoms with E-state index in [-0.39, 0.29) is 22.5 Å². The van der Waals surface area contributed by atoms with E-state index < -0.39 is 10.0 Å². The van der Waals surface area contributed by atoms with Gasteiger partial charge < -0.3 is 29.6 Å². The summed E-state index contributed by atoms with van der Waals surface area (Å²) in [7, 11) is 2.45. The predicted molar refractivity (Wildman–Crippen MR) is 131 cm³/mol. The average molecular weight is 510 g/mol. The second kappa shape index (κ2) is 10.5. The van der Waals surface area contributed by atoms with Gasteiger partial charge in [-0.2, -0.15) is 4.98 Å². The molecule has 0 saturated carbocycles. The molecular formula is C21H24ClN5O6S. The Morgan fingerprint density at radius 2 is 1.56 bits per heavy atom. The molecular weight excluding hydrogens is 486 g/mol. The van der Waals surface area contributed by atoms with Crippen molar-refractivity contribution in [3.05, 3.63) is 41.6 Å². The van der Waals surface area contributed by atoms with Gasteiger partial charge in [0, 0.05) is 6.07 Å². The molecule has 11 nitrogen and oxygen atoms in total. The molecule has 0 bridgehead atoms. The first kappa shape index (κ1) is 25.0. The highest BCUT2D eigenvalue weighted by Gasteiger charge is 2.18. The van der Waals surface area contributed by atoms with Crippen molar-refractivity contribution in [1.82, 2.24) is 9.97 Å². The lowest BCUT2D eigenvalue weighted by atomic mass is 10.2. The summed E-state index contributed by atoms with van der Waals surface area (Å²) >= 11 is 6.30. The number of hydrogen-bond donors (Lipinski definition) is 3. The maximum atomic E-state index is 11.8. The SMILES string of the molecule is COc1ccc(Nc2nc(Nc3ccc(OC)c(OC)c3OC)ncc2Cl)c(NS(C)(=O)=O)c1. The van der Waals surface area contributed by atoms with Crippen LogP contribution in [0.15, 0.2) is 36.5 Å². The standard InChI is InChI=1S/C21H24ClN5O6S/c1-30-12-6-7-14(16(10-12)27-34(5,28)29)24-20-13(22)11-23-21(26-20)25-15-8-9-17(31-2)19(33-4)18(15)32-3/h6-11,27H,1-5H3,(H2,23,24,25,26). The third kappa shape index (κ3) is 5.83. The Morgan fingerprint density at radius 3 is 2.18 bits per heavy atom. The molecule has 0 saturated heterocycles. The van der Waals surface area contributed by atoms with Crippen LogP contribution < -0.4 is 34.3 Å². The highest BCUT2D eigenvalue weighted by Crippen LogP contribution is 2.43. The summed E-state index contributed by atoms with van der Waals surface area (Å²) in [5.74, 6) is 2.19. The minimum absolute atomic E-state index is 0.198. The van der Waals surface area contributed by atoms with Gasteiger partial charge in [-0.15, -0.1) is 0 Å². The summed E-state index contributed by atoms with van der Waals surface area (Å²) < 4.78 is 47.4. The molecule has 0 aliphatic heterocycles. The lowest BCUT2D eigenvalue weighted by Gasteiger charge is -2.17. The molecule has 1 aromatic heterocycles. The van der Waals surface area contributed by atoms with Gasteiger partial charge in [0.25, 0.3) is 0 Å². The summed E-state index contributed by atoms with van der Waals surface area (Å²) in [5.41, 5.74) is 1.19. The molecule has 0 aliphatic rings. The normalized spacial score (nSPS) is 10.9. The zero-order chi connectivity index (χ0) is 24.9. The number of anilines is 5. The van der Waals surface area contributed by atoms with Crippen LogP contribution in [0.3, 0.4) is 0 Å². The van der Waals surface area contributed by atoms with Crippen molar-refractivity contribution in [1.29, 1.82) is 0 Å². The molecule has 0 unspecified atom stereocenters. The first-order valence-corrected chi connectivity index (χ1v) is 12.0. The van der Waals surface area contributed by atoms with Gasteiger partial charge in [-0.1, -0.05) is 11.6 Å². The number of rotatable bonds is 10. The van der Waals surface area contributed by atoms with E-state index in [1.165, 1.54) is 40.7 Å². The number of aromatic nitrogens is 2. The van der Waals surface area contributed by atoms with E-state index in [4.69, 9.17) is 30.5 Å². The molecule has 0 spiro atoms. The third-order valence-corrected chi connectivity index (χ3v) is 5.34. The number of halogens is 1. The number of methoxy groups -OCH3 is 4. The van der Waals surface area contributed by atoms with Crippen LogP contribution in [0, 0.1) is 0 Å². The second-order valence-corrected chi connectivity index (χ2v) is 8.96. The van der Waals surface area contributed by atoms with Gasteiger partial charge in [-0.25, -0.2) is 13.4 Å². The highest BCUT2D eigenvalue weighted by atomic mass is 35.5. The molecule has 0 radical (unpaired) electrons. The second-order valence-electron chi connectivity index (χ2n) is 6.81. The van der Waals surface area contributed by atoms with E-state index in [9.17, 15) is 8.42 Å². The number of hydrogen-bond acceptors (Lipinski definition) is 10. The van der Waals surface area contributed by atoms with Gasteiger partial charge in [0.1, 0.15) is 10.8 Å². The lowest BCUT2D eigenvalue weighted by Crippen LogP contribution is -2.11. The van der Waals surface area contributed by atoms with Gasteiger partial charge in [0.2, 0.25) is 21.7 Å². The zero-order valence-corrected chi connectivity index (χ0v) is 20.7. The van der Waals surface area contributed by atoms with Gasteiger partial charge >= 0.3 is 0 Å². The summed E-state index contributed by atoms with van der Waals surface area (Å²) in [4.78, 5) is 8.62. The van der Waals surface area contributed by atoms with Crippen molar-refractivity contribution in [3.63, 3.8) is 0 Å². The molecule has 0 aliphatic carbocycles. The zero-order valence-electron chi connectivity index (χ0n) is 19.1. The lowest BCUT2D eigenvalue weighted by molar-refractivity contribution is 0.325. The van der Waals surface area contributed by atoms with Crippen LogP contribution in [0.4, 0.5) is 28.8 Å². The number of nitrogens with zero attached hydrogens (tertiary/aromatic N) is 2. The molecule has 3 N–H and O–H groups in total. The number of benzene rings is 2. The molecule has 34 heavy (non-hydrogen) atoms. The van der Waals surface area contributed by atoms with Crippen molar-refractivity contribution in [2.24, 2.45) is 0 Å². The maximum Gasteiger partial charge on any atom is 0.229 e. The van der Waals surface area contributed by atoms with Crippen LogP contribution in [-0.2, 0) is 10.0 Å². The van der Waals surface area contributed by atoms with E-state index in [0.717, 1.165) is 6.26 Å². The van der Waals surface area contributed by atoms with Crippen LogP contribution in [0.25, 0.3) is 0 Å². The molecule has 2 aromatic carbocycles. The van der Waals surface area contributed by atoms with Crippen LogP contribution >= 0.6 is 11.6 Å².